The quantitative estimate of drug-likeness (QED) is 0.861. The van der Waals surface area contributed by atoms with Crippen LogP contribution in [0.1, 0.15) is 6.42 Å². The summed E-state index contributed by atoms with van der Waals surface area (Å²) in [5.41, 5.74) is 4.11. The Kier molecular flexibility index (Phi) is 4.01. The number of halogens is 2. The lowest BCUT2D eigenvalue weighted by atomic mass is 10.0. The number of nitrogens with two attached hydrogens (primary N) is 1. The maximum Gasteiger partial charge on any atom is 0.325 e. The summed E-state index contributed by atoms with van der Waals surface area (Å²) in [6.45, 7) is -0.246. The van der Waals surface area contributed by atoms with Gasteiger partial charge in [0.1, 0.15) is 5.54 Å². The van der Waals surface area contributed by atoms with Crippen LogP contribution in [-0.4, -0.2) is 42.4 Å². The molecule has 1 unspecified atom stereocenters. The lowest BCUT2D eigenvalue weighted by Gasteiger charge is -2.20. The van der Waals surface area contributed by atoms with Gasteiger partial charge in [-0.1, -0.05) is 23.2 Å². The lowest BCUT2D eigenvalue weighted by molar-refractivity contribution is -0.142. The number of rotatable bonds is 3. The number of aliphatic carboxylic acids is 1. The van der Waals surface area contributed by atoms with Gasteiger partial charge in [0.25, 0.3) is 0 Å². The Bertz CT molecular complexity index is 644. The summed E-state index contributed by atoms with van der Waals surface area (Å²) in [4.78, 5) is 11.0. The molecule has 0 spiro atoms. The maximum atomic E-state index is 12.4. The van der Waals surface area contributed by atoms with Crippen molar-refractivity contribution >= 4 is 39.2 Å². The fraction of sp³-hybridized carbons (Fsp3) is 0.364. The fourth-order valence-corrected chi connectivity index (χ4v) is 4.24. The Hall–Kier alpha value is -0.860. The van der Waals surface area contributed by atoms with E-state index in [4.69, 9.17) is 34.0 Å². The van der Waals surface area contributed by atoms with Crippen LogP contribution >= 0.6 is 23.2 Å². The van der Waals surface area contributed by atoms with Gasteiger partial charge in [-0.05, 0) is 24.6 Å². The van der Waals surface area contributed by atoms with Crippen LogP contribution in [0.15, 0.2) is 23.1 Å². The van der Waals surface area contributed by atoms with Gasteiger partial charge in [-0.3, -0.25) is 4.79 Å². The summed E-state index contributed by atoms with van der Waals surface area (Å²) in [5.74, 6) is -1.22. The first-order valence-electron chi connectivity index (χ1n) is 5.64. The Morgan fingerprint density at radius 3 is 2.30 bits per heavy atom. The monoisotopic (exact) mass is 338 g/mol. The van der Waals surface area contributed by atoms with E-state index in [0.717, 1.165) is 4.31 Å². The third kappa shape index (κ3) is 2.77. The van der Waals surface area contributed by atoms with Crippen LogP contribution in [0.2, 0.25) is 10.0 Å². The highest BCUT2D eigenvalue weighted by Crippen LogP contribution is 2.29. The first-order valence-corrected chi connectivity index (χ1v) is 7.83. The molecule has 2 rings (SSSR count). The smallest absolute Gasteiger partial charge is 0.325 e. The number of nitrogens with zero attached hydrogens (tertiary/aromatic N) is 1. The van der Waals surface area contributed by atoms with E-state index in [1.807, 2.05) is 0 Å². The van der Waals surface area contributed by atoms with Crippen molar-refractivity contribution in [3.63, 3.8) is 0 Å². The third-order valence-corrected chi connectivity index (χ3v) is 5.42. The van der Waals surface area contributed by atoms with E-state index in [9.17, 15) is 13.2 Å². The van der Waals surface area contributed by atoms with E-state index in [1.54, 1.807) is 0 Å². The van der Waals surface area contributed by atoms with E-state index in [2.05, 4.69) is 0 Å². The molecule has 110 valence electrons. The summed E-state index contributed by atoms with van der Waals surface area (Å²) in [6, 6.07) is 3.94. The average Bonchev–Trinajstić information content (AvgIpc) is 2.73. The predicted octanol–water partition coefficient (Wildman–Crippen LogP) is 1.17. The van der Waals surface area contributed by atoms with Crippen LogP contribution < -0.4 is 5.73 Å². The molecule has 1 fully saturated rings. The minimum atomic E-state index is -3.87. The van der Waals surface area contributed by atoms with Crippen LogP contribution in [0.3, 0.4) is 0 Å². The Balaban J connectivity index is 2.35. The van der Waals surface area contributed by atoms with Crippen molar-refractivity contribution < 1.29 is 18.3 Å². The van der Waals surface area contributed by atoms with Crippen molar-refractivity contribution in [2.45, 2.75) is 16.9 Å². The van der Waals surface area contributed by atoms with Gasteiger partial charge in [0.2, 0.25) is 10.0 Å². The fourth-order valence-electron chi connectivity index (χ4n) is 2.00. The maximum absolute atomic E-state index is 12.4. The van der Waals surface area contributed by atoms with Crippen molar-refractivity contribution in [3.8, 4) is 0 Å². The van der Waals surface area contributed by atoms with Gasteiger partial charge in [0.15, 0.2) is 0 Å². The average molecular weight is 339 g/mol. The minimum Gasteiger partial charge on any atom is -0.480 e. The summed E-state index contributed by atoms with van der Waals surface area (Å²) < 4.78 is 25.8. The standard InChI is InChI=1S/C11H12Cl2N2O4S/c12-7-3-8(13)5-9(4-7)20(18,19)15-2-1-11(14,6-15)10(16)17/h3-5H,1-2,6,14H2,(H,16,17). The Morgan fingerprint density at radius 1 is 1.30 bits per heavy atom. The molecule has 1 heterocycles. The molecule has 1 aromatic rings. The molecule has 1 saturated heterocycles. The Labute approximate surface area is 126 Å². The largest absolute Gasteiger partial charge is 0.480 e. The first kappa shape index (κ1) is 15.5. The van der Waals surface area contributed by atoms with Gasteiger partial charge < -0.3 is 10.8 Å². The first-order chi connectivity index (χ1) is 9.15. The lowest BCUT2D eigenvalue weighted by Crippen LogP contribution is -2.50. The SMILES string of the molecule is NC1(C(=O)O)CCN(S(=O)(=O)c2cc(Cl)cc(Cl)c2)C1. The zero-order chi connectivity index (χ0) is 15.1. The van der Waals surface area contributed by atoms with Gasteiger partial charge in [-0.2, -0.15) is 4.31 Å². The van der Waals surface area contributed by atoms with Crippen LogP contribution in [-0.2, 0) is 14.8 Å². The van der Waals surface area contributed by atoms with E-state index < -0.39 is 21.5 Å². The van der Waals surface area contributed by atoms with Crippen LogP contribution in [0.4, 0.5) is 0 Å². The molecule has 0 saturated carbocycles. The molecule has 0 radical (unpaired) electrons. The summed E-state index contributed by atoms with van der Waals surface area (Å²) in [5, 5.41) is 9.40. The Morgan fingerprint density at radius 2 is 1.85 bits per heavy atom. The number of hydrogen-bond acceptors (Lipinski definition) is 4. The summed E-state index contributed by atoms with van der Waals surface area (Å²) in [7, 11) is -3.87. The molecule has 20 heavy (non-hydrogen) atoms. The van der Waals surface area contributed by atoms with Gasteiger partial charge in [0, 0.05) is 23.1 Å². The highest BCUT2D eigenvalue weighted by atomic mass is 35.5. The molecule has 0 amide bonds. The van der Waals surface area contributed by atoms with Crippen molar-refractivity contribution in [1.29, 1.82) is 0 Å². The highest BCUT2D eigenvalue weighted by Gasteiger charge is 2.45. The van der Waals surface area contributed by atoms with Gasteiger partial charge in [-0.25, -0.2) is 8.42 Å². The molecule has 1 aromatic carbocycles. The molecule has 1 aliphatic rings. The van der Waals surface area contributed by atoms with Crippen LogP contribution in [0.25, 0.3) is 0 Å². The van der Waals surface area contributed by atoms with E-state index in [0.29, 0.717) is 0 Å². The predicted molar refractivity (Wildman–Crippen MR) is 74.4 cm³/mol. The number of carbonyl (C=O) groups is 1. The van der Waals surface area contributed by atoms with Crippen molar-refractivity contribution in [2.75, 3.05) is 13.1 Å². The molecule has 9 heteroatoms. The second-order valence-corrected chi connectivity index (χ2v) is 7.47. The van der Waals surface area contributed by atoms with E-state index >= 15 is 0 Å². The molecule has 1 aliphatic heterocycles. The second-order valence-electron chi connectivity index (χ2n) is 4.66. The van der Waals surface area contributed by atoms with Crippen molar-refractivity contribution in [1.82, 2.24) is 4.31 Å². The molecular weight excluding hydrogens is 327 g/mol. The van der Waals surface area contributed by atoms with Crippen LogP contribution in [0.5, 0.6) is 0 Å². The second kappa shape index (κ2) is 5.16. The highest BCUT2D eigenvalue weighted by molar-refractivity contribution is 7.89. The third-order valence-electron chi connectivity index (χ3n) is 3.17. The molecule has 6 nitrogen and oxygen atoms in total. The molecule has 1 atom stereocenters. The van der Waals surface area contributed by atoms with Gasteiger partial charge in [0.05, 0.1) is 4.90 Å². The van der Waals surface area contributed by atoms with Crippen molar-refractivity contribution in [2.24, 2.45) is 5.73 Å². The van der Waals surface area contributed by atoms with Crippen molar-refractivity contribution in [3.05, 3.63) is 28.2 Å². The van der Waals surface area contributed by atoms with Crippen LogP contribution in [0, 0.1) is 0 Å². The molecular formula is C11H12Cl2N2O4S. The normalized spacial score (nSPS) is 23.9. The number of benzene rings is 1. The molecule has 0 aliphatic carbocycles. The number of carboxylic acids is 1. The zero-order valence-corrected chi connectivity index (χ0v) is 12.5. The van der Waals surface area contributed by atoms with E-state index in [-0.39, 0.29) is 34.5 Å². The molecule has 3 N–H and O–H groups in total. The number of sulfonamides is 1. The van der Waals surface area contributed by atoms with Gasteiger partial charge >= 0.3 is 5.97 Å². The molecule has 0 bridgehead atoms. The summed E-state index contributed by atoms with van der Waals surface area (Å²) >= 11 is 11.6. The number of hydrogen-bond donors (Lipinski definition) is 2. The zero-order valence-electron chi connectivity index (χ0n) is 10.2. The summed E-state index contributed by atoms with van der Waals surface area (Å²) in [6.07, 6.45) is 0.0514. The topological polar surface area (TPSA) is 101 Å². The van der Waals surface area contributed by atoms with E-state index in [1.165, 1.54) is 18.2 Å². The molecule has 0 aromatic heterocycles. The van der Waals surface area contributed by atoms with Gasteiger partial charge in [-0.15, -0.1) is 0 Å². The number of carboxylic acid groups (broad SMARTS) is 1. The minimum absolute atomic E-state index is 0.0370.